The number of hydrogen-bond acceptors (Lipinski definition) is 4. The van der Waals surface area contributed by atoms with Crippen molar-refractivity contribution in [2.24, 2.45) is 5.73 Å². The lowest BCUT2D eigenvalue weighted by Gasteiger charge is -2.00. The van der Waals surface area contributed by atoms with Gasteiger partial charge in [0.15, 0.2) is 0 Å². The minimum Gasteiger partial charge on any atom is -0.480 e. The van der Waals surface area contributed by atoms with Crippen molar-refractivity contribution in [2.75, 3.05) is 31.1 Å². The number of aliphatic carboxylic acids is 1. The molecule has 72 valence electrons. The Morgan fingerprint density at radius 2 is 2.25 bits per heavy atom. The van der Waals surface area contributed by atoms with Gasteiger partial charge in [0.2, 0.25) is 0 Å². The summed E-state index contributed by atoms with van der Waals surface area (Å²) in [5.41, 5.74) is 5.29. The quantitative estimate of drug-likeness (QED) is 0.462. The maximum absolute atomic E-state index is 10.1. The summed E-state index contributed by atoms with van der Waals surface area (Å²) in [7, 11) is 0. The van der Waals surface area contributed by atoms with E-state index < -0.39 is 5.97 Å². The highest BCUT2D eigenvalue weighted by atomic mass is 32.2. The summed E-state index contributed by atoms with van der Waals surface area (Å²) in [4.78, 5) is 10.1. The fraction of sp³-hybridized carbons (Fsp3) is 0.857. The van der Waals surface area contributed by atoms with Crippen molar-refractivity contribution in [2.45, 2.75) is 6.42 Å². The Bertz CT molecular complexity index is 122. The molecule has 0 aromatic carbocycles. The summed E-state index contributed by atoms with van der Waals surface area (Å²) >= 11 is 1.80. The lowest BCUT2D eigenvalue weighted by Crippen LogP contribution is -2.23. The predicted molar refractivity (Wildman–Crippen MR) is 51.5 cm³/mol. The molecule has 0 amide bonds. The number of thioether (sulfide) groups is 1. The molecule has 12 heavy (non-hydrogen) atoms. The molecule has 0 bridgehead atoms. The highest BCUT2D eigenvalue weighted by Crippen LogP contribution is 1.98. The smallest absolute Gasteiger partial charge is 0.317 e. The van der Waals surface area contributed by atoms with Crippen LogP contribution < -0.4 is 11.1 Å². The van der Waals surface area contributed by atoms with Gasteiger partial charge in [0.25, 0.3) is 0 Å². The van der Waals surface area contributed by atoms with Crippen LogP contribution in [0, 0.1) is 0 Å². The summed E-state index contributed by atoms with van der Waals surface area (Å²) < 4.78 is 0. The number of nitrogens with two attached hydrogens (primary N) is 1. The van der Waals surface area contributed by atoms with Crippen molar-refractivity contribution in [1.29, 1.82) is 0 Å². The second kappa shape index (κ2) is 8.83. The SMILES string of the molecule is NCCSCCCNCC(=O)O. The molecule has 0 saturated carbocycles. The monoisotopic (exact) mass is 192 g/mol. The van der Waals surface area contributed by atoms with Crippen LogP contribution in [0.1, 0.15) is 6.42 Å². The number of carboxylic acid groups (broad SMARTS) is 1. The molecular weight excluding hydrogens is 176 g/mol. The van der Waals surface area contributed by atoms with Gasteiger partial charge < -0.3 is 16.2 Å². The Kier molecular flexibility index (Phi) is 8.64. The molecule has 0 saturated heterocycles. The van der Waals surface area contributed by atoms with Crippen molar-refractivity contribution < 1.29 is 9.90 Å². The third-order valence-corrected chi connectivity index (χ3v) is 2.28. The zero-order chi connectivity index (χ0) is 9.23. The number of hydrogen-bond donors (Lipinski definition) is 3. The molecule has 0 aliphatic rings. The standard InChI is InChI=1S/C7H16N2O2S/c8-2-5-12-4-1-3-9-6-7(10)11/h9H,1-6,8H2,(H,10,11). The Balaban J connectivity index is 2.86. The first-order valence-corrected chi connectivity index (χ1v) is 5.13. The molecule has 0 rings (SSSR count). The third kappa shape index (κ3) is 9.74. The molecule has 0 fully saturated rings. The van der Waals surface area contributed by atoms with Gasteiger partial charge in [-0.2, -0.15) is 11.8 Å². The summed E-state index contributed by atoms with van der Waals surface area (Å²) in [5, 5.41) is 11.1. The van der Waals surface area contributed by atoms with Crippen LogP contribution in [0.25, 0.3) is 0 Å². The first-order chi connectivity index (χ1) is 5.77. The normalized spacial score (nSPS) is 10.1. The maximum atomic E-state index is 10.1. The Hall–Kier alpha value is -0.260. The van der Waals surface area contributed by atoms with Crippen LogP contribution in [-0.4, -0.2) is 42.2 Å². The predicted octanol–water partition coefficient (Wildman–Crippen LogP) is -0.257. The van der Waals surface area contributed by atoms with E-state index in [4.69, 9.17) is 10.8 Å². The summed E-state index contributed by atoms with van der Waals surface area (Å²) in [6.45, 7) is 1.54. The largest absolute Gasteiger partial charge is 0.480 e. The topological polar surface area (TPSA) is 75.3 Å². The van der Waals surface area contributed by atoms with Crippen LogP contribution in [0.4, 0.5) is 0 Å². The van der Waals surface area contributed by atoms with Crippen LogP contribution in [-0.2, 0) is 4.79 Å². The highest BCUT2D eigenvalue weighted by molar-refractivity contribution is 7.99. The van der Waals surface area contributed by atoms with Gasteiger partial charge in [-0.15, -0.1) is 0 Å². The Morgan fingerprint density at radius 3 is 2.83 bits per heavy atom. The fourth-order valence-electron chi connectivity index (χ4n) is 0.680. The summed E-state index contributed by atoms with van der Waals surface area (Å²) in [6, 6.07) is 0. The van der Waals surface area contributed by atoms with Crippen molar-refractivity contribution in [3.8, 4) is 0 Å². The van der Waals surface area contributed by atoms with Crippen LogP contribution in [0.3, 0.4) is 0 Å². The molecule has 0 heterocycles. The van der Waals surface area contributed by atoms with Gasteiger partial charge in [-0.05, 0) is 18.7 Å². The van der Waals surface area contributed by atoms with E-state index in [9.17, 15) is 4.79 Å². The fourth-order valence-corrected chi connectivity index (χ4v) is 1.40. The molecule has 0 aliphatic heterocycles. The van der Waals surface area contributed by atoms with Gasteiger partial charge in [0.05, 0.1) is 6.54 Å². The van der Waals surface area contributed by atoms with E-state index in [0.717, 1.165) is 24.5 Å². The van der Waals surface area contributed by atoms with Crippen molar-refractivity contribution in [3.05, 3.63) is 0 Å². The van der Waals surface area contributed by atoms with Gasteiger partial charge in [-0.25, -0.2) is 0 Å². The molecule has 4 nitrogen and oxygen atoms in total. The third-order valence-electron chi connectivity index (χ3n) is 1.18. The molecule has 5 heteroatoms. The average Bonchev–Trinajstić information content (AvgIpc) is 2.02. The second-order valence-corrected chi connectivity index (χ2v) is 3.55. The van der Waals surface area contributed by atoms with Crippen molar-refractivity contribution in [1.82, 2.24) is 5.32 Å². The minimum absolute atomic E-state index is 0.0571. The zero-order valence-corrected chi connectivity index (χ0v) is 7.90. The zero-order valence-electron chi connectivity index (χ0n) is 7.08. The molecule has 0 aromatic heterocycles. The van der Waals surface area contributed by atoms with Gasteiger partial charge in [-0.1, -0.05) is 0 Å². The molecule has 0 aromatic rings. The van der Waals surface area contributed by atoms with E-state index >= 15 is 0 Å². The molecular formula is C7H16N2O2S. The average molecular weight is 192 g/mol. The van der Waals surface area contributed by atoms with E-state index in [0.29, 0.717) is 6.54 Å². The first kappa shape index (κ1) is 11.7. The molecule has 0 atom stereocenters. The Labute approximate surface area is 76.9 Å². The van der Waals surface area contributed by atoms with Crippen LogP contribution in [0.5, 0.6) is 0 Å². The van der Waals surface area contributed by atoms with Gasteiger partial charge in [0.1, 0.15) is 0 Å². The lowest BCUT2D eigenvalue weighted by molar-refractivity contribution is -0.135. The molecule has 0 aliphatic carbocycles. The maximum Gasteiger partial charge on any atom is 0.317 e. The van der Waals surface area contributed by atoms with E-state index in [1.54, 1.807) is 11.8 Å². The number of carboxylic acids is 1. The number of nitrogens with one attached hydrogen (secondary N) is 1. The van der Waals surface area contributed by atoms with Crippen molar-refractivity contribution >= 4 is 17.7 Å². The van der Waals surface area contributed by atoms with Gasteiger partial charge >= 0.3 is 5.97 Å². The number of carbonyl (C=O) groups is 1. The van der Waals surface area contributed by atoms with Gasteiger partial charge in [0, 0.05) is 12.3 Å². The molecule has 0 unspecified atom stereocenters. The van der Waals surface area contributed by atoms with E-state index in [2.05, 4.69) is 5.32 Å². The first-order valence-electron chi connectivity index (χ1n) is 3.97. The summed E-state index contributed by atoms with van der Waals surface area (Å²) in [5.74, 6) is 1.23. The van der Waals surface area contributed by atoms with E-state index in [1.807, 2.05) is 0 Å². The van der Waals surface area contributed by atoms with E-state index in [1.165, 1.54) is 0 Å². The molecule has 0 spiro atoms. The lowest BCUT2D eigenvalue weighted by atomic mass is 10.5. The van der Waals surface area contributed by atoms with Crippen molar-refractivity contribution in [3.63, 3.8) is 0 Å². The van der Waals surface area contributed by atoms with Gasteiger partial charge in [-0.3, -0.25) is 4.79 Å². The Morgan fingerprint density at radius 1 is 1.50 bits per heavy atom. The molecule has 0 radical (unpaired) electrons. The molecule has 4 N–H and O–H groups in total. The highest BCUT2D eigenvalue weighted by Gasteiger charge is 1.93. The van der Waals surface area contributed by atoms with E-state index in [-0.39, 0.29) is 6.54 Å². The summed E-state index contributed by atoms with van der Waals surface area (Å²) in [6.07, 6.45) is 0.998. The van der Waals surface area contributed by atoms with Crippen LogP contribution >= 0.6 is 11.8 Å². The van der Waals surface area contributed by atoms with Crippen LogP contribution in [0.15, 0.2) is 0 Å². The van der Waals surface area contributed by atoms with Crippen LogP contribution in [0.2, 0.25) is 0 Å². The second-order valence-electron chi connectivity index (χ2n) is 2.33. The minimum atomic E-state index is -0.801. The number of rotatable bonds is 8.